The Morgan fingerprint density at radius 1 is 1.26 bits per heavy atom. The first-order valence-electron chi connectivity index (χ1n) is 10.5. The topological polar surface area (TPSA) is 122 Å². The number of anilines is 2. The zero-order valence-corrected chi connectivity index (χ0v) is 18.1. The summed E-state index contributed by atoms with van der Waals surface area (Å²) in [5, 5.41) is 8.70. The lowest BCUT2D eigenvalue weighted by Crippen LogP contribution is -2.41. The highest BCUT2D eigenvalue weighted by atomic mass is 19.1. The molecule has 1 aromatic heterocycles. The van der Waals surface area contributed by atoms with Crippen LogP contribution in [0.2, 0.25) is 0 Å². The number of primary amides is 1. The molecule has 0 spiro atoms. The molecule has 1 saturated carbocycles. The lowest BCUT2D eigenvalue weighted by atomic mass is 10.1. The molecule has 1 aliphatic rings. The summed E-state index contributed by atoms with van der Waals surface area (Å²) in [7, 11) is 1.71. The van der Waals surface area contributed by atoms with Crippen LogP contribution in [0, 0.1) is 5.82 Å². The van der Waals surface area contributed by atoms with Crippen LogP contribution in [-0.2, 0) is 17.6 Å². The van der Waals surface area contributed by atoms with Crippen LogP contribution < -0.4 is 21.7 Å². The summed E-state index contributed by atoms with van der Waals surface area (Å²) < 4.78 is 14.2. The average molecular weight is 429 g/mol. The van der Waals surface area contributed by atoms with Crippen molar-refractivity contribution in [2.24, 2.45) is 5.73 Å². The fraction of sp³-hybridized carbons (Fsp3) is 0.455. The minimum atomic E-state index is -0.690. The predicted octanol–water partition coefficient (Wildman–Crippen LogP) is 2.16. The maximum absolute atomic E-state index is 14.2. The van der Waals surface area contributed by atoms with Gasteiger partial charge in [-0.1, -0.05) is 6.92 Å². The van der Waals surface area contributed by atoms with Crippen LogP contribution in [0.15, 0.2) is 18.2 Å². The molecule has 0 unspecified atom stereocenters. The zero-order valence-electron chi connectivity index (χ0n) is 18.1. The van der Waals surface area contributed by atoms with Crippen LogP contribution >= 0.6 is 0 Å². The highest BCUT2D eigenvalue weighted by Gasteiger charge is 2.30. The van der Waals surface area contributed by atoms with Crippen LogP contribution in [0.4, 0.5) is 15.9 Å². The van der Waals surface area contributed by atoms with Crippen molar-refractivity contribution < 1.29 is 14.0 Å². The first kappa shape index (κ1) is 22.6. The van der Waals surface area contributed by atoms with Gasteiger partial charge in [-0.05, 0) is 63.4 Å². The van der Waals surface area contributed by atoms with Crippen molar-refractivity contribution in [3.05, 3.63) is 46.7 Å². The van der Waals surface area contributed by atoms with E-state index >= 15 is 0 Å². The molecule has 1 atom stereocenters. The largest absolute Gasteiger partial charge is 0.364 e. The zero-order chi connectivity index (χ0) is 22.5. The van der Waals surface area contributed by atoms with Crippen molar-refractivity contribution in [1.82, 2.24) is 20.6 Å². The number of nitrogens with one attached hydrogen (secondary N) is 3. The Labute approximate surface area is 181 Å². The maximum Gasteiger partial charge on any atom is 0.271 e. The summed E-state index contributed by atoms with van der Waals surface area (Å²) in [4.78, 5) is 32.9. The number of amides is 2. The van der Waals surface area contributed by atoms with Crippen molar-refractivity contribution >= 4 is 23.3 Å². The Kier molecular flexibility index (Phi) is 7.17. The number of hydrogen-bond acceptors (Lipinski definition) is 6. The second-order valence-corrected chi connectivity index (χ2v) is 7.77. The van der Waals surface area contributed by atoms with Gasteiger partial charge in [-0.25, -0.2) is 14.4 Å². The van der Waals surface area contributed by atoms with Crippen molar-refractivity contribution in [1.29, 1.82) is 0 Å². The summed E-state index contributed by atoms with van der Waals surface area (Å²) in [6.07, 6.45) is 3.19. The van der Waals surface area contributed by atoms with E-state index in [-0.39, 0.29) is 23.5 Å². The van der Waals surface area contributed by atoms with Gasteiger partial charge in [-0.3, -0.25) is 9.59 Å². The molecular formula is C22H29FN6O2. The number of aryl methyl sites for hydroxylation is 1. The van der Waals surface area contributed by atoms with E-state index in [2.05, 4.69) is 25.9 Å². The number of benzene rings is 1. The first-order chi connectivity index (χ1) is 14.8. The van der Waals surface area contributed by atoms with Gasteiger partial charge in [-0.15, -0.1) is 0 Å². The fourth-order valence-corrected chi connectivity index (χ4v) is 3.30. The lowest BCUT2D eigenvalue weighted by molar-refractivity contribution is -0.122. The summed E-state index contributed by atoms with van der Waals surface area (Å²) in [5.41, 5.74) is 8.34. The molecule has 0 bridgehead atoms. The minimum Gasteiger partial charge on any atom is -0.364 e. The van der Waals surface area contributed by atoms with E-state index in [0.717, 1.165) is 24.2 Å². The van der Waals surface area contributed by atoms with E-state index in [4.69, 9.17) is 5.73 Å². The van der Waals surface area contributed by atoms with Crippen LogP contribution in [0.1, 0.15) is 60.0 Å². The normalized spacial score (nSPS) is 14.2. The third kappa shape index (κ3) is 5.75. The number of likely N-dealkylation sites (N-methyl/N-ethyl adjacent to an activating group) is 1. The Morgan fingerprint density at radius 2 is 2.00 bits per heavy atom. The van der Waals surface area contributed by atoms with Crippen molar-refractivity contribution in [2.75, 3.05) is 18.9 Å². The van der Waals surface area contributed by atoms with Crippen LogP contribution in [0.5, 0.6) is 0 Å². The molecule has 2 aromatic rings. The highest BCUT2D eigenvalue weighted by Crippen LogP contribution is 2.41. The van der Waals surface area contributed by atoms with E-state index < -0.39 is 11.7 Å². The Balaban J connectivity index is 1.80. The molecule has 3 rings (SSSR count). The van der Waals surface area contributed by atoms with Gasteiger partial charge in [0.25, 0.3) is 5.91 Å². The number of rotatable bonds is 10. The Hall–Kier alpha value is -3.07. The van der Waals surface area contributed by atoms with Crippen molar-refractivity contribution in [3.63, 3.8) is 0 Å². The SMILES string of the molecule is CCc1nc(C(N)=O)c(Nc2cc(F)cc(CCNC(=O)[C@H](C)NC)c2)nc1C1CC1. The molecule has 9 heteroatoms. The summed E-state index contributed by atoms with van der Waals surface area (Å²) in [6.45, 7) is 4.09. The Bertz CT molecular complexity index is 977. The molecule has 0 radical (unpaired) electrons. The van der Waals surface area contributed by atoms with Crippen LogP contribution in [-0.4, -0.2) is 41.4 Å². The number of carbonyl (C=O) groups is 2. The van der Waals surface area contributed by atoms with Gasteiger partial charge in [-0.2, -0.15) is 0 Å². The molecule has 1 aromatic carbocycles. The van der Waals surface area contributed by atoms with Gasteiger partial charge in [0.05, 0.1) is 17.4 Å². The van der Waals surface area contributed by atoms with Gasteiger partial charge < -0.3 is 21.7 Å². The summed E-state index contributed by atoms with van der Waals surface area (Å²) >= 11 is 0. The maximum atomic E-state index is 14.2. The number of halogens is 1. The molecule has 0 aliphatic heterocycles. The number of carbonyl (C=O) groups excluding carboxylic acids is 2. The quantitative estimate of drug-likeness (QED) is 0.460. The summed E-state index contributed by atoms with van der Waals surface area (Å²) in [5.74, 6) is -0.667. The Morgan fingerprint density at radius 3 is 2.61 bits per heavy atom. The van der Waals surface area contributed by atoms with Gasteiger partial charge in [0.15, 0.2) is 11.5 Å². The molecule has 5 N–H and O–H groups in total. The third-order valence-corrected chi connectivity index (χ3v) is 5.29. The van der Waals surface area contributed by atoms with Crippen LogP contribution in [0.25, 0.3) is 0 Å². The highest BCUT2D eigenvalue weighted by molar-refractivity contribution is 5.96. The second kappa shape index (κ2) is 9.82. The average Bonchev–Trinajstić information content (AvgIpc) is 3.57. The number of nitrogens with two attached hydrogens (primary N) is 1. The van der Waals surface area contributed by atoms with Gasteiger partial charge in [0.2, 0.25) is 5.91 Å². The van der Waals surface area contributed by atoms with Crippen molar-refractivity contribution in [3.8, 4) is 0 Å². The molecule has 1 fully saturated rings. The molecule has 31 heavy (non-hydrogen) atoms. The molecule has 1 aliphatic carbocycles. The molecular weight excluding hydrogens is 399 g/mol. The standard InChI is InChI=1S/C22H29FN6O2/c1-4-17-18(14-5-6-14)29-21(19(28-17)20(24)30)27-16-10-13(9-15(23)11-16)7-8-26-22(31)12(2)25-3/h9-12,14,25H,4-8H2,1-3H3,(H2,24,30)(H,26,31)(H,27,29)/t12-/m0/s1. The van der Waals surface area contributed by atoms with Crippen molar-refractivity contribution in [2.45, 2.75) is 51.5 Å². The lowest BCUT2D eigenvalue weighted by Gasteiger charge is -2.15. The summed E-state index contributed by atoms with van der Waals surface area (Å²) in [6, 6.07) is 4.19. The first-order valence-corrected chi connectivity index (χ1v) is 10.5. The van der Waals surface area contributed by atoms with Gasteiger partial charge in [0.1, 0.15) is 5.82 Å². The van der Waals surface area contributed by atoms with E-state index in [9.17, 15) is 14.0 Å². The molecule has 2 amide bonds. The fourth-order valence-electron chi connectivity index (χ4n) is 3.30. The third-order valence-electron chi connectivity index (χ3n) is 5.29. The number of aromatic nitrogens is 2. The predicted molar refractivity (Wildman–Crippen MR) is 117 cm³/mol. The minimum absolute atomic E-state index is 0.0420. The number of nitrogens with zero attached hydrogens (tertiary/aromatic N) is 2. The van der Waals surface area contributed by atoms with Gasteiger partial charge in [0, 0.05) is 18.2 Å². The van der Waals surface area contributed by atoms with E-state index in [0.29, 0.717) is 36.6 Å². The molecule has 8 nitrogen and oxygen atoms in total. The molecule has 166 valence electrons. The molecule has 0 saturated heterocycles. The number of hydrogen-bond donors (Lipinski definition) is 4. The van der Waals surface area contributed by atoms with E-state index in [1.54, 1.807) is 20.0 Å². The second-order valence-electron chi connectivity index (χ2n) is 7.77. The smallest absolute Gasteiger partial charge is 0.271 e. The van der Waals surface area contributed by atoms with E-state index in [1.165, 1.54) is 12.1 Å². The molecule has 1 heterocycles. The van der Waals surface area contributed by atoms with Crippen LogP contribution in [0.3, 0.4) is 0 Å². The van der Waals surface area contributed by atoms with E-state index in [1.807, 2.05) is 6.92 Å². The monoisotopic (exact) mass is 428 g/mol. The van der Waals surface area contributed by atoms with Gasteiger partial charge >= 0.3 is 0 Å².